The first-order chi connectivity index (χ1) is 13.6. The Morgan fingerprint density at radius 3 is 2.45 bits per heavy atom. The molecule has 0 atom stereocenters. The van der Waals surface area contributed by atoms with Gasteiger partial charge in [-0.3, -0.25) is 13.9 Å². The van der Waals surface area contributed by atoms with Crippen LogP contribution in [0.3, 0.4) is 0 Å². The fraction of sp³-hybridized carbons (Fsp3) is 0.500. The summed E-state index contributed by atoms with van der Waals surface area (Å²) in [5.74, 6) is -2.49. The molecule has 1 amide bonds. The number of hydroxylamine groups is 2. The Balaban J connectivity index is 1.81. The molecule has 0 radical (unpaired) electrons. The van der Waals surface area contributed by atoms with E-state index in [1.807, 2.05) is 0 Å². The predicted octanol–water partition coefficient (Wildman–Crippen LogP) is 1.75. The molecule has 8 nitrogen and oxygen atoms in total. The first kappa shape index (κ1) is 20.9. The van der Waals surface area contributed by atoms with Crippen molar-refractivity contribution in [3.05, 3.63) is 34.2 Å². The number of halogens is 3. The quantitative estimate of drug-likeness (QED) is 0.824. The molecular formula is C18H21F3N4O4. The molecule has 2 aromatic rings. The van der Waals surface area contributed by atoms with Gasteiger partial charge < -0.3 is 10.2 Å². The molecule has 1 aliphatic rings. The summed E-state index contributed by atoms with van der Waals surface area (Å²) in [5.41, 5.74) is 1.38. The first-order valence-corrected chi connectivity index (χ1v) is 9.16. The van der Waals surface area contributed by atoms with E-state index in [1.165, 1.54) is 4.57 Å². The molecule has 1 aromatic heterocycles. The van der Waals surface area contributed by atoms with Crippen LogP contribution < -0.4 is 11.0 Å². The van der Waals surface area contributed by atoms with Gasteiger partial charge in [-0.25, -0.2) is 9.59 Å². The third-order valence-corrected chi connectivity index (χ3v) is 4.92. The van der Waals surface area contributed by atoms with Crippen molar-refractivity contribution < 1.29 is 27.6 Å². The number of carbonyl (C=O) groups excluding carboxylic acids is 2. The number of aromatic nitrogens is 2. The van der Waals surface area contributed by atoms with Crippen LogP contribution in [0, 0.1) is 0 Å². The summed E-state index contributed by atoms with van der Waals surface area (Å²) < 4.78 is 40.0. The van der Waals surface area contributed by atoms with Gasteiger partial charge in [0.2, 0.25) is 0 Å². The van der Waals surface area contributed by atoms with Crippen LogP contribution >= 0.6 is 0 Å². The van der Waals surface area contributed by atoms with Crippen molar-refractivity contribution in [2.75, 3.05) is 19.6 Å². The zero-order valence-electron chi connectivity index (χ0n) is 16.0. The van der Waals surface area contributed by atoms with E-state index in [4.69, 9.17) is 0 Å². The number of imidazole rings is 1. The van der Waals surface area contributed by atoms with Crippen molar-refractivity contribution in [1.29, 1.82) is 0 Å². The van der Waals surface area contributed by atoms with Crippen LogP contribution in [0.25, 0.3) is 11.0 Å². The maximum Gasteiger partial charge on any atom is 0.492 e. The van der Waals surface area contributed by atoms with E-state index >= 15 is 0 Å². The normalized spacial score (nSPS) is 16.2. The number of nitrogens with one attached hydrogen (secondary N) is 1. The number of hydrogen-bond donors (Lipinski definition) is 1. The second-order valence-electron chi connectivity index (χ2n) is 6.81. The number of piperidine rings is 1. The van der Waals surface area contributed by atoms with Gasteiger partial charge in [-0.1, -0.05) is 0 Å². The molecule has 1 aliphatic heterocycles. The van der Waals surface area contributed by atoms with Crippen LogP contribution in [0.1, 0.15) is 36.2 Å². The molecule has 158 valence electrons. The zero-order valence-corrected chi connectivity index (χ0v) is 16.0. The summed E-state index contributed by atoms with van der Waals surface area (Å²) in [5, 5.41) is 3.67. The number of rotatable bonds is 4. The fourth-order valence-electron chi connectivity index (χ4n) is 3.48. The van der Waals surface area contributed by atoms with Crippen LogP contribution in [-0.4, -0.2) is 51.9 Å². The molecule has 1 N–H and O–H groups in total. The number of nitrogens with zero attached hydrogens (tertiary/aromatic N) is 3. The lowest BCUT2D eigenvalue weighted by Gasteiger charge is -2.31. The zero-order chi connectivity index (χ0) is 21.3. The van der Waals surface area contributed by atoms with E-state index in [0.717, 1.165) is 5.06 Å². The minimum absolute atomic E-state index is 0.0757. The van der Waals surface area contributed by atoms with Gasteiger partial charge in [-0.2, -0.15) is 13.2 Å². The summed E-state index contributed by atoms with van der Waals surface area (Å²) in [6, 6.07) is 4.70. The van der Waals surface area contributed by atoms with E-state index in [-0.39, 0.29) is 30.7 Å². The molecular weight excluding hydrogens is 393 g/mol. The van der Waals surface area contributed by atoms with E-state index in [0.29, 0.717) is 36.0 Å². The van der Waals surface area contributed by atoms with Crippen molar-refractivity contribution in [2.45, 2.75) is 32.0 Å². The SMILES string of the molecule is CCNC(=O)c1ccc2c(c1)n(C)c(=O)n2C1CCN(OC(=O)C(F)(F)F)CC1. The Bertz CT molecular complexity index is 987. The Morgan fingerprint density at radius 2 is 1.86 bits per heavy atom. The van der Waals surface area contributed by atoms with Gasteiger partial charge in [-0.15, -0.1) is 5.06 Å². The third kappa shape index (κ3) is 4.14. The second kappa shape index (κ2) is 7.90. The second-order valence-corrected chi connectivity index (χ2v) is 6.81. The highest BCUT2D eigenvalue weighted by Crippen LogP contribution is 2.27. The Kier molecular flexibility index (Phi) is 5.69. The monoisotopic (exact) mass is 414 g/mol. The van der Waals surface area contributed by atoms with Crippen LogP contribution in [0.2, 0.25) is 0 Å². The Hall–Kier alpha value is -2.82. The summed E-state index contributed by atoms with van der Waals surface area (Å²) in [6.45, 7) is 2.44. The van der Waals surface area contributed by atoms with Gasteiger partial charge >= 0.3 is 17.8 Å². The molecule has 0 spiro atoms. The Labute approximate surface area is 163 Å². The molecule has 1 saturated heterocycles. The summed E-state index contributed by atoms with van der Waals surface area (Å²) in [7, 11) is 1.60. The third-order valence-electron chi connectivity index (χ3n) is 4.92. The van der Waals surface area contributed by atoms with Gasteiger partial charge in [-0.05, 0) is 38.0 Å². The smallest absolute Gasteiger partial charge is 0.361 e. The van der Waals surface area contributed by atoms with Crippen LogP contribution in [-0.2, 0) is 16.7 Å². The maximum absolute atomic E-state index is 12.8. The molecule has 0 bridgehead atoms. The number of amides is 1. The molecule has 29 heavy (non-hydrogen) atoms. The average Bonchev–Trinajstić information content (AvgIpc) is 2.92. The lowest BCUT2D eigenvalue weighted by molar-refractivity contribution is -0.242. The summed E-state index contributed by atoms with van der Waals surface area (Å²) in [6.07, 6.45) is -4.38. The number of carbonyl (C=O) groups is 2. The van der Waals surface area contributed by atoms with Gasteiger partial charge in [0.1, 0.15) is 0 Å². The Morgan fingerprint density at radius 1 is 1.21 bits per heavy atom. The van der Waals surface area contributed by atoms with E-state index < -0.39 is 12.1 Å². The van der Waals surface area contributed by atoms with Crippen LogP contribution in [0.4, 0.5) is 13.2 Å². The number of hydrogen-bond acceptors (Lipinski definition) is 5. The highest BCUT2D eigenvalue weighted by Gasteiger charge is 2.43. The van der Waals surface area contributed by atoms with E-state index in [2.05, 4.69) is 10.2 Å². The average molecular weight is 414 g/mol. The molecule has 3 rings (SSSR count). The van der Waals surface area contributed by atoms with Gasteiger partial charge in [0.25, 0.3) is 5.91 Å². The van der Waals surface area contributed by atoms with Gasteiger partial charge in [0, 0.05) is 38.3 Å². The lowest BCUT2D eigenvalue weighted by atomic mass is 10.1. The van der Waals surface area contributed by atoms with Crippen molar-refractivity contribution in [2.24, 2.45) is 7.05 Å². The largest absolute Gasteiger partial charge is 0.492 e. The van der Waals surface area contributed by atoms with Crippen LogP contribution in [0.15, 0.2) is 23.0 Å². The van der Waals surface area contributed by atoms with Gasteiger partial charge in [0.05, 0.1) is 11.0 Å². The molecule has 0 saturated carbocycles. The minimum atomic E-state index is -5.05. The molecule has 1 fully saturated rings. The fourth-order valence-corrected chi connectivity index (χ4v) is 3.48. The summed E-state index contributed by atoms with van der Waals surface area (Å²) >= 11 is 0. The maximum atomic E-state index is 12.8. The van der Waals surface area contributed by atoms with Crippen molar-refractivity contribution in [1.82, 2.24) is 19.5 Å². The van der Waals surface area contributed by atoms with Crippen molar-refractivity contribution >= 4 is 22.9 Å². The molecule has 0 aliphatic carbocycles. The van der Waals surface area contributed by atoms with Gasteiger partial charge in [0.15, 0.2) is 0 Å². The van der Waals surface area contributed by atoms with Crippen molar-refractivity contribution in [3.63, 3.8) is 0 Å². The van der Waals surface area contributed by atoms with E-state index in [9.17, 15) is 27.6 Å². The number of benzene rings is 1. The molecule has 2 heterocycles. The number of alkyl halides is 3. The lowest BCUT2D eigenvalue weighted by Crippen LogP contribution is -2.41. The topological polar surface area (TPSA) is 85.6 Å². The number of aryl methyl sites for hydroxylation is 1. The van der Waals surface area contributed by atoms with Crippen molar-refractivity contribution in [3.8, 4) is 0 Å². The highest BCUT2D eigenvalue weighted by atomic mass is 19.4. The standard InChI is InChI=1S/C18H21F3N4O4/c1-3-22-15(26)11-4-5-13-14(10-11)23(2)17(28)25(13)12-6-8-24(9-7-12)29-16(27)18(19,20)21/h4-5,10,12H,3,6-9H2,1-2H3,(H,22,26). The molecule has 0 unspecified atom stereocenters. The number of fused-ring (bicyclic) bond motifs is 1. The molecule has 11 heteroatoms. The van der Waals surface area contributed by atoms with Crippen LogP contribution in [0.5, 0.6) is 0 Å². The summed E-state index contributed by atoms with van der Waals surface area (Å²) in [4.78, 5) is 40.1. The van der Waals surface area contributed by atoms with E-state index in [1.54, 1.807) is 36.7 Å². The predicted molar refractivity (Wildman–Crippen MR) is 97.2 cm³/mol. The first-order valence-electron chi connectivity index (χ1n) is 9.16. The minimum Gasteiger partial charge on any atom is -0.361 e. The highest BCUT2D eigenvalue weighted by molar-refractivity contribution is 5.97. The molecule has 1 aromatic carbocycles.